The Morgan fingerprint density at radius 2 is 1.91 bits per heavy atom. The molecule has 0 spiro atoms. The van der Waals surface area contributed by atoms with Crippen LogP contribution in [-0.4, -0.2) is 11.1 Å². The molecule has 1 aromatic rings. The van der Waals surface area contributed by atoms with Crippen molar-refractivity contribution in [1.29, 1.82) is 0 Å². The lowest BCUT2D eigenvalue weighted by atomic mass is 9.71. The Morgan fingerprint density at radius 3 is 2.45 bits per heavy atom. The van der Waals surface area contributed by atoms with Gasteiger partial charge in [-0.25, -0.2) is 0 Å². The molecule has 0 aromatic carbocycles. The predicted octanol–water partition coefficient (Wildman–Crippen LogP) is 5.20. The van der Waals surface area contributed by atoms with Crippen LogP contribution in [0.15, 0.2) is 27.9 Å². The molecule has 1 saturated carbocycles. The van der Waals surface area contributed by atoms with Crippen molar-refractivity contribution in [2.45, 2.75) is 58.5 Å². The van der Waals surface area contributed by atoms with E-state index in [0.717, 1.165) is 9.70 Å². The van der Waals surface area contributed by atoms with Gasteiger partial charge in [0, 0.05) is 17.0 Å². The summed E-state index contributed by atoms with van der Waals surface area (Å²) in [6.45, 7) is 7.07. The van der Waals surface area contributed by atoms with Gasteiger partial charge in [-0.2, -0.15) is 0 Å². The van der Waals surface area contributed by atoms with Gasteiger partial charge in [-0.15, -0.1) is 16.4 Å². The standard InChI is InChI=1S/C17H25BrN2OS/c1-17(2,3)11-4-6-12(7-5-11)20-13(10-16(19)21-20)14-8-9-15(18)22-14/h8-13H,4-7,19H2,1-3H3. The summed E-state index contributed by atoms with van der Waals surface area (Å²) in [5.74, 6) is 1.35. The fraction of sp³-hybridized carbons (Fsp3) is 0.647. The van der Waals surface area contributed by atoms with Crippen LogP contribution in [0, 0.1) is 11.3 Å². The molecule has 3 nitrogen and oxygen atoms in total. The lowest BCUT2D eigenvalue weighted by Crippen LogP contribution is -2.39. The molecule has 22 heavy (non-hydrogen) atoms. The molecule has 0 bridgehead atoms. The first-order chi connectivity index (χ1) is 10.3. The minimum absolute atomic E-state index is 0.160. The topological polar surface area (TPSA) is 38.5 Å². The van der Waals surface area contributed by atoms with E-state index in [-0.39, 0.29) is 6.04 Å². The minimum Gasteiger partial charge on any atom is -0.387 e. The number of rotatable bonds is 2. The third-order valence-corrected chi connectivity index (χ3v) is 6.67. The average molecular weight is 385 g/mol. The third kappa shape index (κ3) is 3.36. The Bertz CT molecular complexity index is 555. The van der Waals surface area contributed by atoms with E-state index in [1.807, 2.05) is 6.08 Å². The summed E-state index contributed by atoms with van der Waals surface area (Å²) in [4.78, 5) is 7.14. The second-order valence-electron chi connectivity index (χ2n) is 7.48. The zero-order chi connectivity index (χ0) is 15.9. The third-order valence-electron chi connectivity index (χ3n) is 4.97. The Kier molecular flexibility index (Phi) is 4.59. The van der Waals surface area contributed by atoms with E-state index in [1.165, 1.54) is 30.6 Å². The van der Waals surface area contributed by atoms with Gasteiger partial charge in [0.2, 0.25) is 5.88 Å². The average Bonchev–Trinajstić information content (AvgIpc) is 3.04. The molecule has 0 radical (unpaired) electrons. The molecule has 1 unspecified atom stereocenters. The molecular weight excluding hydrogens is 360 g/mol. The predicted molar refractivity (Wildman–Crippen MR) is 95.2 cm³/mol. The smallest absolute Gasteiger partial charge is 0.207 e. The van der Waals surface area contributed by atoms with Gasteiger partial charge in [0.15, 0.2) is 0 Å². The van der Waals surface area contributed by atoms with Crippen molar-refractivity contribution in [3.63, 3.8) is 0 Å². The zero-order valence-electron chi connectivity index (χ0n) is 13.5. The van der Waals surface area contributed by atoms with E-state index in [1.54, 1.807) is 11.3 Å². The summed E-state index contributed by atoms with van der Waals surface area (Å²) in [6, 6.07) is 4.87. The quantitative estimate of drug-likeness (QED) is 0.760. The summed E-state index contributed by atoms with van der Waals surface area (Å²) < 4.78 is 1.15. The van der Waals surface area contributed by atoms with Gasteiger partial charge < -0.3 is 10.6 Å². The van der Waals surface area contributed by atoms with Crippen LogP contribution < -0.4 is 5.73 Å². The van der Waals surface area contributed by atoms with Gasteiger partial charge in [-0.1, -0.05) is 20.8 Å². The highest BCUT2D eigenvalue weighted by molar-refractivity contribution is 9.11. The highest BCUT2D eigenvalue weighted by atomic mass is 79.9. The lowest BCUT2D eigenvalue weighted by Gasteiger charge is -2.40. The molecule has 1 atom stereocenters. The monoisotopic (exact) mass is 384 g/mol. The summed E-state index contributed by atoms with van der Waals surface area (Å²) in [7, 11) is 0. The SMILES string of the molecule is CC(C)(C)C1CCC(N2OC(N)=CC2c2ccc(Br)s2)CC1. The molecule has 0 saturated heterocycles. The van der Waals surface area contributed by atoms with Gasteiger partial charge in [-0.05, 0) is 65.1 Å². The van der Waals surface area contributed by atoms with Crippen molar-refractivity contribution in [2.75, 3.05) is 0 Å². The molecular formula is C17H25BrN2OS. The molecule has 3 rings (SSSR count). The second kappa shape index (κ2) is 6.17. The van der Waals surface area contributed by atoms with Gasteiger partial charge in [-0.3, -0.25) is 0 Å². The highest BCUT2D eigenvalue weighted by Crippen LogP contribution is 2.43. The molecule has 1 aromatic heterocycles. The van der Waals surface area contributed by atoms with Gasteiger partial charge in [0.05, 0.1) is 3.79 Å². The Hall–Kier alpha value is -0.520. The second-order valence-corrected chi connectivity index (χ2v) is 9.97. The molecule has 2 heterocycles. The van der Waals surface area contributed by atoms with Crippen molar-refractivity contribution >= 4 is 27.3 Å². The molecule has 2 aliphatic rings. The first kappa shape index (κ1) is 16.3. The van der Waals surface area contributed by atoms with Crippen LogP contribution >= 0.6 is 27.3 Å². The number of hydroxylamine groups is 2. The fourth-order valence-corrected chi connectivity index (χ4v) is 5.11. The first-order valence-corrected chi connectivity index (χ1v) is 9.64. The van der Waals surface area contributed by atoms with Crippen LogP contribution in [0.1, 0.15) is 57.4 Å². The molecule has 1 aliphatic carbocycles. The molecule has 2 N–H and O–H groups in total. The van der Waals surface area contributed by atoms with Crippen LogP contribution in [-0.2, 0) is 4.84 Å². The number of thiophene rings is 1. The number of hydrogen-bond acceptors (Lipinski definition) is 4. The summed E-state index contributed by atoms with van der Waals surface area (Å²) in [5, 5.41) is 2.13. The Morgan fingerprint density at radius 1 is 1.23 bits per heavy atom. The fourth-order valence-electron chi connectivity index (χ4n) is 3.63. The largest absolute Gasteiger partial charge is 0.387 e. The van der Waals surface area contributed by atoms with Crippen LogP contribution in [0.2, 0.25) is 0 Å². The molecule has 122 valence electrons. The van der Waals surface area contributed by atoms with Crippen LogP contribution in [0.5, 0.6) is 0 Å². The molecule has 1 aliphatic heterocycles. The van der Waals surface area contributed by atoms with E-state index < -0.39 is 0 Å². The van der Waals surface area contributed by atoms with Crippen molar-refractivity contribution in [3.8, 4) is 0 Å². The maximum atomic E-state index is 5.95. The van der Waals surface area contributed by atoms with Crippen LogP contribution in [0.25, 0.3) is 0 Å². The minimum atomic E-state index is 0.160. The van der Waals surface area contributed by atoms with Gasteiger partial charge in [0.1, 0.15) is 6.04 Å². The summed E-state index contributed by atoms with van der Waals surface area (Å²) in [6.07, 6.45) is 6.95. The number of hydrogen-bond donors (Lipinski definition) is 1. The number of nitrogens with two attached hydrogens (primary N) is 1. The lowest BCUT2D eigenvalue weighted by molar-refractivity contribution is -0.162. The van der Waals surface area contributed by atoms with E-state index in [4.69, 9.17) is 10.6 Å². The first-order valence-electron chi connectivity index (χ1n) is 8.03. The molecule has 5 heteroatoms. The maximum Gasteiger partial charge on any atom is 0.207 e. The number of nitrogens with zero attached hydrogens (tertiary/aromatic N) is 1. The Labute approximate surface area is 145 Å². The summed E-state index contributed by atoms with van der Waals surface area (Å²) in [5.41, 5.74) is 6.36. The van der Waals surface area contributed by atoms with Crippen molar-refractivity contribution in [1.82, 2.24) is 5.06 Å². The van der Waals surface area contributed by atoms with Crippen LogP contribution in [0.3, 0.4) is 0 Å². The zero-order valence-corrected chi connectivity index (χ0v) is 15.9. The van der Waals surface area contributed by atoms with Gasteiger partial charge >= 0.3 is 0 Å². The van der Waals surface area contributed by atoms with Crippen LogP contribution in [0.4, 0.5) is 0 Å². The van der Waals surface area contributed by atoms with E-state index in [0.29, 0.717) is 17.3 Å². The van der Waals surface area contributed by atoms with E-state index >= 15 is 0 Å². The summed E-state index contributed by atoms with van der Waals surface area (Å²) >= 11 is 5.30. The Balaban J connectivity index is 1.70. The normalized spacial score (nSPS) is 30.2. The highest BCUT2D eigenvalue weighted by Gasteiger charge is 2.38. The van der Waals surface area contributed by atoms with E-state index in [9.17, 15) is 0 Å². The number of halogens is 1. The molecule has 1 fully saturated rings. The molecule has 0 amide bonds. The van der Waals surface area contributed by atoms with Crippen molar-refractivity contribution in [2.24, 2.45) is 17.1 Å². The van der Waals surface area contributed by atoms with Crippen molar-refractivity contribution in [3.05, 3.63) is 32.8 Å². The van der Waals surface area contributed by atoms with Crippen molar-refractivity contribution < 1.29 is 4.84 Å². The van der Waals surface area contributed by atoms with E-state index in [2.05, 4.69) is 53.9 Å². The van der Waals surface area contributed by atoms with Gasteiger partial charge in [0.25, 0.3) is 0 Å². The maximum absolute atomic E-state index is 5.95.